The van der Waals surface area contributed by atoms with E-state index in [0.29, 0.717) is 12.5 Å². The van der Waals surface area contributed by atoms with Gasteiger partial charge in [-0.1, -0.05) is 0 Å². The predicted octanol–water partition coefficient (Wildman–Crippen LogP) is 1.06. The fraction of sp³-hybridized carbons (Fsp3) is 0.643. The molecule has 1 atom stereocenters. The molecule has 1 aromatic rings. The van der Waals surface area contributed by atoms with Crippen molar-refractivity contribution in [2.24, 2.45) is 0 Å². The van der Waals surface area contributed by atoms with Crippen LogP contribution in [0.2, 0.25) is 0 Å². The molecule has 0 bridgehead atoms. The third kappa shape index (κ3) is 5.67. The first-order valence-electron chi connectivity index (χ1n) is 7.44. The molecule has 23 heavy (non-hydrogen) atoms. The summed E-state index contributed by atoms with van der Waals surface area (Å²) in [6, 6.07) is 4.20. The lowest BCUT2D eigenvalue weighted by atomic mass is 10.2. The number of hydrogen-bond donors (Lipinski definition) is 1. The lowest BCUT2D eigenvalue weighted by Gasteiger charge is -2.36. The number of hydrogen-bond acceptors (Lipinski definition) is 6. The number of carbonyl (C=O) groups excluding carboxylic acids is 1. The van der Waals surface area contributed by atoms with Crippen molar-refractivity contribution >= 4 is 48.3 Å². The van der Waals surface area contributed by atoms with Gasteiger partial charge in [0, 0.05) is 62.9 Å². The third-order valence-electron chi connectivity index (χ3n) is 3.93. The summed E-state index contributed by atoms with van der Waals surface area (Å²) in [6.07, 6.45) is 2.30. The number of carbonyl (C=O) groups is 1. The Hall–Kier alpha value is -0.760. The van der Waals surface area contributed by atoms with E-state index >= 15 is 0 Å². The molecule has 0 aliphatic carbocycles. The molecule has 6 nitrogen and oxygen atoms in total. The minimum absolute atomic E-state index is 0. The molecule has 0 saturated carbocycles. The fourth-order valence-corrected chi connectivity index (χ4v) is 3.69. The van der Waals surface area contributed by atoms with Gasteiger partial charge in [-0.05, 0) is 12.1 Å². The molecule has 3 heterocycles. The van der Waals surface area contributed by atoms with Crippen molar-refractivity contribution in [3.63, 3.8) is 0 Å². The Balaban J connectivity index is 0.00000132. The fourth-order valence-electron chi connectivity index (χ4n) is 2.74. The van der Waals surface area contributed by atoms with Crippen molar-refractivity contribution in [1.29, 1.82) is 0 Å². The summed E-state index contributed by atoms with van der Waals surface area (Å²) in [4.78, 5) is 16.5. The highest BCUT2D eigenvalue weighted by atomic mass is 35.5. The molecule has 2 aliphatic heterocycles. The first-order chi connectivity index (χ1) is 10.3. The summed E-state index contributed by atoms with van der Waals surface area (Å²) in [5.41, 5.74) is 0. The van der Waals surface area contributed by atoms with E-state index in [-0.39, 0.29) is 30.7 Å². The molecule has 0 aromatic carbocycles. The van der Waals surface area contributed by atoms with Gasteiger partial charge in [0.15, 0.2) is 5.82 Å². The van der Waals surface area contributed by atoms with Gasteiger partial charge in [-0.2, -0.15) is 16.9 Å². The van der Waals surface area contributed by atoms with E-state index in [4.69, 9.17) is 0 Å². The van der Waals surface area contributed by atoms with Crippen LogP contribution in [-0.2, 0) is 4.79 Å². The van der Waals surface area contributed by atoms with Crippen molar-refractivity contribution in [3.05, 3.63) is 18.3 Å². The number of aromatic nitrogens is 2. The second-order valence-corrected chi connectivity index (χ2v) is 6.53. The maximum Gasteiger partial charge on any atom is 0.224 e. The number of anilines is 1. The van der Waals surface area contributed by atoms with E-state index in [0.717, 1.165) is 50.0 Å². The van der Waals surface area contributed by atoms with Crippen molar-refractivity contribution in [3.8, 4) is 0 Å². The van der Waals surface area contributed by atoms with E-state index in [1.54, 1.807) is 6.20 Å². The number of thioether (sulfide) groups is 1. The lowest BCUT2D eigenvalue weighted by molar-refractivity contribution is -0.131. The van der Waals surface area contributed by atoms with Crippen LogP contribution in [0.25, 0.3) is 0 Å². The van der Waals surface area contributed by atoms with Crippen molar-refractivity contribution < 1.29 is 4.79 Å². The Labute approximate surface area is 153 Å². The first kappa shape index (κ1) is 20.3. The molecular formula is C14H23Cl2N5OS. The minimum Gasteiger partial charge on any atom is -0.352 e. The molecule has 3 rings (SSSR count). The maximum atomic E-state index is 12.3. The molecule has 0 spiro atoms. The number of rotatable bonds is 3. The number of piperazine rings is 1. The Kier molecular flexibility index (Phi) is 8.98. The van der Waals surface area contributed by atoms with E-state index < -0.39 is 0 Å². The summed E-state index contributed by atoms with van der Waals surface area (Å²) >= 11 is 1.93. The first-order valence-corrected chi connectivity index (χ1v) is 8.60. The van der Waals surface area contributed by atoms with Crippen molar-refractivity contribution in [1.82, 2.24) is 20.4 Å². The SMILES string of the molecule is Cl.Cl.O=C(CC1CSCCN1)N1CCN(c2cccnn2)CC1. The van der Waals surface area contributed by atoms with Gasteiger partial charge in [0.25, 0.3) is 0 Å². The van der Waals surface area contributed by atoms with Gasteiger partial charge in [0.2, 0.25) is 5.91 Å². The number of nitrogens with zero attached hydrogens (tertiary/aromatic N) is 4. The largest absolute Gasteiger partial charge is 0.352 e. The van der Waals surface area contributed by atoms with Crippen LogP contribution in [0.4, 0.5) is 5.82 Å². The monoisotopic (exact) mass is 379 g/mol. The standard InChI is InChI=1S/C14H21N5OS.2ClH/c20-14(10-12-11-21-9-4-15-12)19-7-5-18(6-8-19)13-2-1-3-16-17-13;;/h1-3,12,15H,4-11H2;2*1H. The quantitative estimate of drug-likeness (QED) is 0.847. The van der Waals surface area contributed by atoms with Crippen molar-refractivity contribution in [2.75, 3.05) is 49.1 Å². The summed E-state index contributed by atoms with van der Waals surface area (Å²) in [5, 5.41) is 11.5. The number of amides is 1. The van der Waals surface area contributed by atoms with Gasteiger partial charge in [-0.25, -0.2) is 0 Å². The van der Waals surface area contributed by atoms with Crippen LogP contribution < -0.4 is 10.2 Å². The van der Waals surface area contributed by atoms with Gasteiger partial charge < -0.3 is 15.1 Å². The molecule has 1 N–H and O–H groups in total. The molecule has 1 amide bonds. The van der Waals surface area contributed by atoms with Gasteiger partial charge in [0.05, 0.1) is 0 Å². The summed E-state index contributed by atoms with van der Waals surface area (Å²) in [6.45, 7) is 4.22. The molecule has 130 valence electrons. The summed E-state index contributed by atoms with van der Waals surface area (Å²) < 4.78 is 0. The average molecular weight is 380 g/mol. The topological polar surface area (TPSA) is 61.4 Å². The van der Waals surface area contributed by atoms with Crippen LogP contribution in [0.1, 0.15) is 6.42 Å². The molecular weight excluding hydrogens is 357 g/mol. The summed E-state index contributed by atoms with van der Waals surface area (Å²) in [7, 11) is 0. The van der Waals surface area contributed by atoms with Gasteiger partial charge in [-0.3, -0.25) is 4.79 Å². The minimum atomic E-state index is 0. The molecule has 2 saturated heterocycles. The van der Waals surface area contributed by atoms with Crippen LogP contribution in [-0.4, -0.2) is 71.3 Å². The molecule has 9 heteroatoms. The average Bonchev–Trinajstić information content (AvgIpc) is 2.57. The van der Waals surface area contributed by atoms with Crippen LogP contribution in [0.15, 0.2) is 18.3 Å². The van der Waals surface area contributed by atoms with Gasteiger partial charge >= 0.3 is 0 Å². The Morgan fingerprint density at radius 3 is 2.70 bits per heavy atom. The van der Waals surface area contributed by atoms with Crippen molar-refractivity contribution in [2.45, 2.75) is 12.5 Å². The Bertz CT molecular complexity index is 467. The van der Waals surface area contributed by atoms with Gasteiger partial charge in [-0.15, -0.1) is 29.9 Å². The molecule has 0 radical (unpaired) electrons. The summed E-state index contributed by atoms with van der Waals surface area (Å²) in [5.74, 6) is 3.37. The zero-order valence-corrected chi connectivity index (χ0v) is 15.3. The number of halogens is 2. The Morgan fingerprint density at radius 2 is 2.09 bits per heavy atom. The molecule has 2 aliphatic rings. The van der Waals surface area contributed by atoms with E-state index in [1.165, 1.54) is 0 Å². The highest BCUT2D eigenvalue weighted by molar-refractivity contribution is 7.99. The van der Waals surface area contributed by atoms with E-state index in [2.05, 4.69) is 20.4 Å². The molecule has 2 fully saturated rings. The molecule has 1 unspecified atom stereocenters. The Morgan fingerprint density at radius 1 is 1.30 bits per heavy atom. The van der Waals surface area contributed by atoms with Gasteiger partial charge in [0.1, 0.15) is 0 Å². The zero-order chi connectivity index (χ0) is 14.5. The smallest absolute Gasteiger partial charge is 0.224 e. The zero-order valence-electron chi connectivity index (χ0n) is 12.9. The highest BCUT2D eigenvalue weighted by Gasteiger charge is 2.24. The number of nitrogens with one attached hydrogen (secondary N) is 1. The van der Waals surface area contributed by atoms with Crippen LogP contribution >= 0.6 is 36.6 Å². The van der Waals surface area contributed by atoms with Crippen LogP contribution in [0, 0.1) is 0 Å². The lowest BCUT2D eigenvalue weighted by Crippen LogP contribution is -2.51. The maximum absolute atomic E-state index is 12.3. The van der Waals surface area contributed by atoms with E-state index in [1.807, 2.05) is 28.8 Å². The molecule has 1 aromatic heterocycles. The normalized spacial score (nSPS) is 21.1. The second-order valence-electron chi connectivity index (χ2n) is 5.38. The highest BCUT2D eigenvalue weighted by Crippen LogP contribution is 2.15. The second kappa shape index (κ2) is 10.2. The van der Waals surface area contributed by atoms with Crippen LogP contribution in [0.3, 0.4) is 0 Å². The third-order valence-corrected chi connectivity index (χ3v) is 5.06. The van der Waals surface area contributed by atoms with Crippen LogP contribution in [0.5, 0.6) is 0 Å². The van der Waals surface area contributed by atoms with E-state index in [9.17, 15) is 4.79 Å². The predicted molar refractivity (Wildman–Crippen MR) is 99.1 cm³/mol.